The van der Waals surface area contributed by atoms with Crippen LogP contribution >= 0.6 is 0 Å². The lowest BCUT2D eigenvalue weighted by molar-refractivity contribution is 0.236. The van der Waals surface area contributed by atoms with Crippen LogP contribution in [0.4, 0.5) is 4.79 Å². The van der Waals surface area contributed by atoms with E-state index in [-0.39, 0.29) is 38.3 Å². The average molecular weight is 373 g/mol. The van der Waals surface area contributed by atoms with Gasteiger partial charge in [-0.15, -0.1) is 0 Å². The van der Waals surface area contributed by atoms with E-state index < -0.39 is 10.0 Å². The zero-order valence-corrected chi connectivity index (χ0v) is 15.9. The van der Waals surface area contributed by atoms with E-state index in [1.807, 2.05) is 13.8 Å². The van der Waals surface area contributed by atoms with Crippen LogP contribution in [0.1, 0.15) is 13.8 Å². The average Bonchev–Trinajstić information content (AvgIpc) is 2.52. The Morgan fingerprint density at radius 1 is 1.16 bits per heavy atom. The number of hydrogen-bond donors (Lipinski definition) is 2. The van der Waals surface area contributed by atoms with Crippen molar-refractivity contribution in [3.05, 3.63) is 24.3 Å². The van der Waals surface area contributed by atoms with Gasteiger partial charge >= 0.3 is 6.03 Å². The zero-order chi connectivity index (χ0) is 18.9. The smallest absolute Gasteiger partial charge is 0.315 e. The molecule has 0 aromatic heterocycles. The molecule has 8 nitrogen and oxygen atoms in total. The summed E-state index contributed by atoms with van der Waals surface area (Å²) in [5.41, 5.74) is 0. The summed E-state index contributed by atoms with van der Waals surface area (Å²) in [5, 5.41) is 5.30. The van der Waals surface area contributed by atoms with Crippen molar-refractivity contribution in [2.24, 2.45) is 0 Å². The number of benzene rings is 1. The number of ether oxygens (including phenoxy) is 2. The third kappa shape index (κ3) is 8.59. The van der Waals surface area contributed by atoms with Crippen LogP contribution in [0, 0.1) is 0 Å². The largest absolute Gasteiger partial charge is 0.497 e. The van der Waals surface area contributed by atoms with E-state index in [1.54, 1.807) is 31.4 Å². The van der Waals surface area contributed by atoms with Crippen molar-refractivity contribution in [2.75, 3.05) is 39.6 Å². The first-order valence-electron chi connectivity index (χ1n) is 7.98. The topological polar surface area (TPSA) is 97.0 Å². The molecule has 2 N–H and O–H groups in total. The number of nitrogens with one attached hydrogen (secondary N) is 2. The van der Waals surface area contributed by atoms with Crippen molar-refractivity contribution in [3.8, 4) is 11.5 Å². The first kappa shape index (κ1) is 21.0. The van der Waals surface area contributed by atoms with Gasteiger partial charge in [0.15, 0.2) is 0 Å². The third-order valence-electron chi connectivity index (χ3n) is 3.20. The van der Waals surface area contributed by atoms with Crippen LogP contribution in [0.25, 0.3) is 0 Å². The lowest BCUT2D eigenvalue weighted by Crippen LogP contribution is -2.44. The molecule has 0 spiro atoms. The second-order valence-electron chi connectivity index (χ2n) is 5.74. The maximum atomic E-state index is 11.8. The molecule has 0 atom stereocenters. The molecular weight excluding hydrogens is 346 g/mol. The maximum Gasteiger partial charge on any atom is 0.315 e. The molecule has 0 bridgehead atoms. The Morgan fingerprint density at radius 3 is 2.28 bits per heavy atom. The predicted octanol–water partition coefficient (Wildman–Crippen LogP) is 1.04. The molecule has 142 valence electrons. The van der Waals surface area contributed by atoms with Crippen LogP contribution in [0.5, 0.6) is 11.5 Å². The Morgan fingerprint density at radius 2 is 1.76 bits per heavy atom. The summed E-state index contributed by atoms with van der Waals surface area (Å²) in [4.78, 5) is 11.5. The minimum Gasteiger partial charge on any atom is -0.497 e. The molecule has 0 aliphatic heterocycles. The Labute approximate surface area is 149 Å². The molecule has 0 aliphatic rings. The van der Waals surface area contributed by atoms with Gasteiger partial charge in [0.25, 0.3) is 0 Å². The predicted molar refractivity (Wildman–Crippen MR) is 96.6 cm³/mol. The molecule has 1 aromatic rings. The molecule has 0 aliphatic carbocycles. The highest BCUT2D eigenvalue weighted by Crippen LogP contribution is 2.16. The lowest BCUT2D eigenvalue weighted by Gasteiger charge is -2.20. The Hall–Kier alpha value is -2.00. The van der Waals surface area contributed by atoms with Crippen molar-refractivity contribution in [2.45, 2.75) is 19.9 Å². The summed E-state index contributed by atoms with van der Waals surface area (Å²) in [5.74, 6) is 1.35. The fourth-order valence-corrected chi connectivity index (χ4v) is 2.82. The Bertz CT molecular complexity index is 632. The van der Waals surface area contributed by atoms with E-state index in [1.165, 1.54) is 4.31 Å². The van der Waals surface area contributed by atoms with E-state index in [2.05, 4.69) is 10.6 Å². The second kappa shape index (κ2) is 10.1. The van der Waals surface area contributed by atoms with Gasteiger partial charge in [-0.05, 0) is 38.1 Å². The van der Waals surface area contributed by atoms with E-state index in [0.717, 1.165) is 12.0 Å². The van der Waals surface area contributed by atoms with Gasteiger partial charge in [-0.2, -0.15) is 4.31 Å². The van der Waals surface area contributed by atoms with Crippen molar-refractivity contribution < 1.29 is 22.7 Å². The van der Waals surface area contributed by atoms with Gasteiger partial charge < -0.3 is 20.1 Å². The van der Waals surface area contributed by atoms with E-state index in [9.17, 15) is 13.2 Å². The quantitative estimate of drug-likeness (QED) is 0.639. The zero-order valence-electron chi connectivity index (χ0n) is 15.1. The highest BCUT2D eigenvalue weighted by atomic mass is 32.2. The fourth-order valence-electron chi connectivity index (χ4n) is 1.99. The number of hydrogen-bond acceptors (Lipinski definition) is 5. The van der Waals surface area contributed by atoms with Crippen molar-refractivity contribution >= 4 is 16.1 Å². The second-order valence-corrected chi connectivity index (χ2v) is 7.72. The SMILES string of the molecule is COc1ccc(OCCN(CCNC(=O)NC(C)C)S(C)(=O)=O)cc1. The van der Waals surface area contributed by atoms with Gasteiger partial charge in [0, 0.05) is 25.7 Å². The number of nitrogens with zero attached hydrogens (tertiary/aromatic N) is 1. The number of carbonyl (C=O) groups excluding carboxylic acids is 1. The van der Waals surface area contributed by atoms with Crippen molar-refractivity contribution in [1.29, 1.82) is 0 Å². The molecule has 1 rings (SSSR count). The van der Waals surface area contributed by atoms with Gasteiger partial charge in [-0.1, -0.05) is 0 Å². The summed E-state index contributed by atoms with van der Waals surface area (Å²) >= 11 is 0. The fraction of sp³-hybridized carbons (Fsp3) is 0.562. The van der Waals surface area contributed by atoms with Crippen LogP contribution in [0.2, 0.25) is 0 Å². The first-order chi connectivity index (χ1) is 11.7. The minimum absolute atomic E-state index is 0.0175. The van der Waals surface area contributed by atoms with Crippen LogP contribution in [-0.2, 0) is 10.0 Å². The number of sulfonamides is 1. The highest BCUT2D eigenvalue weighted by Gasteiger charge is 2.16. The number of amides is 2. The summed E-state index contributed by atoms with van der Waals surface area (Å²) in [6, 6.07) is 6.73. The Kier molecular flexibility index (Phi) is 8.50. The van der Waals surface area contributed by atoms with Gasteiger partial charge in [0.2, 0.25) is 10.0 Å². The molecule has 9 heteroatoms. The lowest BCUT2D eigenvalue weighted by atomic mass is 10.3. The van der Waals surface area contributed by atoms with Crippen LogP contribution in [0.15, 0.2) is 24.3 Å². The molecule has 1 aromatic carbocycles. The number of urea groups is 1. The van der Waals surface area contributed by atoms with E-state index in [0.29, 0.717) is 5.75 Å². The molecule has 25 heavy (non-hydrogen) atoms. The van der Waals surface area contributed by atoms with Gasteiger partial charge in [-0.25, -0.2) is 13.2 Å². The monoisotopic (exact) mass is 373 g/mol. The van der Waals surface area contributed by atoms with Gasteiger partial charge in [-0.3, -0.25) is 0 Å². The summed E-state index contributed by atoms with van der Waals surface area (Å²) in [6.07, 6.45) is 1.13. The molecule has 0 radical (unpaired) electrons. The van der Waals surface area contributed by atoms with Gasteiger partial charge in [0.1, 0.15) is 18.1 Å². The molecule has 0 fully saturated rings. The first-order valence-corrected chi connectivity index (χ1v) is 9.83. The molecule has 0 saturated carbocycles. The standard InChI is InChI=1S/C16H27N3O5S/c1-13(2)18-16(20)17-9-10-19(25(4,21)22)11-12-24-15-7-5-14(23-3)6-8-15/h5-8,13H,9-12H2,1-4H3,(H2,17,18,20). The normalized spacial score (nSPS) is 11.4. The van der Waals surface area contributed by atoms with E-state index >= 15 is 0 Å². The third-order valence-corrected chi connectivity index (χ3v) is 4.51. The highest BCUT2D eigenvalue weighted by molar-refractivity contribution is 7.88. The number of methoxy groups -OCH3 is 1. The number of rotatable bonds is 10. The van der Waals surface area contributed by atoms with Gasteiger partial charge in [0.05, 0.1) is 13.4 Å². The maximum absolute atomic E-state index is 11.8. The summed E-state index contributed by atoms with van der Waals surface area (Å²) < 4.78 is 35.6. The molecule has 2 amide bonds. The van der Waals surface area contributed by atoms with E-state index in [4.69, 9.17) is 9.47 Å². The Balaban J connectivity index is 2.44. The molecular formula is C16H27N3O5S. The molecule has 0 heterocycles. The van der Waals surface area contributed by atoms with Crippen molar-refractivity contribution in [3.63, 3.8) is 0 Å². The summed E-state index contributed by atoms with van der Waals surface area (Å²) in [7, 11) is -1.81. The van der Waals surface area contributed by atoms with Crippen LogP contribution in [-0.4, -0.2) is 64.4 Å². The molecule has 0 unspecified atom stereocenters. The minimum atomic E-state index is -3.39. The number of carbonyl (C=O) groups is 1. The van der Waals surface area contributed by atoms with Crippen molar-refractivity contribution in [1.82, 2.24) is 14.9 Å². The molecule has 0 saturated heterocycles. The summed E-state index contributed by atoms with van der Waals surface area (Å²) in [6.45, 7) is 4.48. The van der Waals surface area contributed by atoms with Crippen LogP contribution < -0.4 is 20.1 Å². The van der Waals surface area contributed by atoms with Crippen LogP contribution in [0.3, 0.4) is 0 Å².